The zero-order valence-corrected chi connectivity index (χ0v) is 9.30. The van der Waals surface area contributed by atoms with Crippen LogP contribution in [0.1, 0.15) is 18.4 Å². The number of rotatable bonds is 4. The minimum atomic E-state index is 0.216. The van der Waals surface area contributed by atoms with Gasteiger partial charge < -0.3 is 9.78 Å². The fourth-order valence-electron chi connectivity index (χ4n) is 1.32. The van der Waals surface area contributed by atoms with Crippen LogP contribution in [0.2, 0.25) is 0 Å². The zero-order chi connectivity index (χ0) is 10.7. The number of thiazole rings is 1. The fraction of sp³-hybridized carbons (Fsp3) is 0.273. The summed E-state index contributed by atoms with van der Waals surface area (Å²) in [5, 5.41) is 3.06. The van der Waals surface area contributed by atoms with Crippen molar-refractivity contribution in [1.29, 1.82) is 0 Å². The van der Waals surface area contributed by atoms with Gasteiger partial charge >= 0.3 is 0 Å². The van der Waals surface area contributed by atoms with Gasteiger partial charge in [0.2, 0.25) is 0 Å². The van der Waals surface area contributed by atoms with Gasteiger partial charge in [-0.3, -0.25) is 0 Å². The summed E-state index contributed by atoms with van der Waals surface area (Å²) in [4.78, 5) is 18.3. The van der Waals surface area contributed by atoms with Crippen molar-refractivity contribution in [3.8, 4) is 11.3 Å². The van der Waals surface area contributed by atoms with Crippen molar-refractivity contribution in [3.63, 3.8) is 0 Å². The van der Waals surface area contributed by atoms with E-state index >= 15 is 0 Å². The lowest BCUT2D eigenvalue weighted by Gasteiger charge is -1.91. The van der Waals surface area contributed by atoms with Gasteiger partial charge in [-0.05, 0) is 13.0 Å². The molecule has 1 N–H and O–H groups in total. The summed E-state index contributed by atoms with van der Waals surface area (Å²) in [5.41, 5.74) is 2.08. The molecule has 0 spiro atoms. The molecule has 0 aliphatic heterocycles. The van der Waals surface area contributed by atoms with E-state index in [1.54, 1.807) is 18.3 Å². The third-order valence-corrected chi connectivity index (χ3v) is 3.04. The van der Waals surface area contributed by atoms with Crippen molar-refractivity contribution in [2.75, 3.05) is 0 Å². The molecule has 0 aromatic carbocycles. The highest BCUT2D eigenvalue weighted by Gasteiger charge is 2.05. The van der Waals surface area contributed by atoms with Gasteiger partial charge in [-0.2, -0.15) is 0 Å². The van der Waals surface area contributed by atoms with Gasteiger partial charge in [-0.1, -0.05) is 0 Å². The molecule has 0 saturated heterocycles. The van der Waals surface area contributed by atoms with Crippen molar-refractivity contribution in [3.05, 3.63) is 28.8 Å². The number of nitrogens with zero attached hydrogens (tertiary/aromatic N) is 1. The average molecular weight is 220 g/mol. The maximum absolute atomic E-state index is 10.8. The van der Waals surface area contributed by atoms with Crippen LogP contribution >= 0.6 is 11.3 Å². The molecule has 0 amide bonds. The number of aryl methyl sites for hydroxylation is 1. The molecule has 2 rings (SSSR count). The summed E-state index contributed by atoms with van der Waals surface area (Å²) in [6.45, 7) is 1.61. The third kappa shape index (κ3) is 2.53. The van der Waals surface area contributed by atoms with Gasteiger partial charge in [0, 0.05) is 36.2 Å². The third-order valence-electron chi connectivity index (χ3n) is 2.14. The molecule has 15 heavy (non-hydrogen) atoms. The van der Waals surface area contributed by atoms with Crippen LogP contribution in [0.5, 0.6) is 0 Å². The molecule has 0 fully saturated rings. The minimum Gasteiger partial charge on any atom is -0.367 e. The number of hydrogen-bond acceptors (Lipinski definition) is 3. The average Bonchev–Trinajstić information content (AvgIpc) is 2.85. The minimum absolute atomic E-state index is 0.216. The number of hydrogen-bond donors (Lipinski definition) is 1. The number of H-pyrrole nitrogens is 1. The van der Waals surface area contributed by atoms with Crippen LogP contribution in [0.4, 0.5) is 0 Å². The summed E-state index contributed by atoms with van der Waals surface area (Å²) in [5.74, 6) is 0.216. The molecule has 78 valence electrons. The Kier molecular flexibility index (Phi) is 2.97. The topological polar surface area (TPSA) is 45.8 Å². The van der Waals surface area contributed by atoms with Crippen molar-refractivity contribution in [2.45, 2.75) is 19.8 Å². The van der Waals surface area contributed by atoms with Crippen LogP contribution in [0.15, 0.2) is 23.8 Å². The van der Waals surface area contributed by atoms with Gasteiger partial charge in [0.1, 0.15) is 5.78 Å². The molecule has 0 radical (unpaired) electrons. The Labute approximate surface area is 92.2 Å². The number of carbonyl (C=O) groups is 1. The van der Waals surface area contributed by atoms with Gasteiger partial charge in [-0.25, -0.2) is 4.98 Å². The Hall–Kier alpha value is -1.42. The number of ketones is 1. The van der Waals surface area contributed by atoms with E-state index in [4.69, 9.17) is 0 Å². The van der Waals surface area contributed by atoms with Gasteiger partial charge in [0.25, 0.3) is 0 Å². The molecule has 0 unspecified atom stereocenters. The lowest BCUT2D eigenvalue weighted by Crippen LogP contribution is -1.93. The monoisotopic (exact) mass is 220 g/mol. The summed E-state index contributed by atoms with van der Waals surface area (Å²) in [7, 11) is 0. The first-order chi connectivity index (χ1) is 7.25. The van der Waals surface area contributed by atoms with Crippen molar-refractivity contribution in [1.82, 2.24) is 9.97 Å². The maximum Gasteiger partial charge on any atom is 0.130 e. The number of Topliss-reactive ketones (excluding diaryl/α,β-unsaturated/α-hetero) is 1. The number of carbonyl (C=O) groups excluding carboxylic acids is 1. The molecular formula is C11H12N2OS. The molecule has 0 saturated carbocycles. The second-order valence-electron chi connectivity index (χ2n) is 3.43. The summed E-state index contributed by atoms with van der Waals surface area (Å²) >= 11 is 1.61. The van der Waals surface area contributed by atoms with Gasteiger partial charge in [-0.15, -0.1) is 11.3 Å². The van der Waals surface area contributed by atoms with Crippen LogP contribution in [0, 0.1) is 0 Å². The lowest BCUT2D eigenvalue weighted by molar-refractivity contribution is -0.116. The number of nitrogens with one attached hydrogen (secondary N) is 1. The van der Waals surface area contributed by atoms with Crippen molar-refractivity contribution < 1.29 is 4.79 Å². The Bertz CT molecular complexity index is 445. The number of aromatic amines is 1. The first-order valence-corrected chi connectivity index (χ1v) is 5.70. The Morgan fingerprint density at radius 3 is 3.13 bits per heavy atom. The van der Waals surface area contributed by atoms with E-state index in [0.717, 1.165) is 22.7 Å². The highest BCUT2D eigenvalue weighted by Crippen LogP contribution is 2.21. The number of aromatic nitrogens is 2. The molecule has 0 aliphatic carbocycles. The molecule has 2 aromatic heterocycles. The van der Waals surface area contributed by atoms with Crippen molar-refractivity contribution in [2.24, 2.45) is 0 Å². The van der Waals surface area contributed by atoms with E-state index in [2.05, 4.69) is 9.97 Å². The second kappa shape index (κ2) is 4.40. The molecular weight excluding hydrogens is 208 g/mol. The van der Waals surface area contributed by atoms with Crippen LogP contribution in [-0.2, 0) is 11.2 Å². The first kappa shape index (κ1) is 10.1. The van der Waals surface area contributed by atoms with Crippen LogP contribution in [-0.4, -0.2) is 15.8 Å². The highest BCUT2D eigenvalue weighted by molar-refractivity contribution is 7.09. The predicted octanol–water partition coefficient (Wildman–Crippen LogP) is 2.66. The van der Waals surface area contributed by atoms with Crippen LogP contribution < -0.4 is 0 Å². The molecule has 0 atom stereocenters. The Morgan fingerprint density at radius 2 is 2.47 bits per heavy atom. The smallest absolute Gasteiger partial charge is 0.130 e. The largest absolute Gasteiger partial charge is 0.367 e. The first-order valence-electron chi connectivity index (χ1n) is 4.82. The van der Waals surface area contributed by atoms with E-state index in [0.29, 0.717) is 6.42 Å². The zero-order valence-electron chi connectivity index (χ0n) is 8.49. The van der Waals surface area contributed by atoms with E-state index < -0.39 is 0 Å². The van der Waals surface area contributed by atoms with Gasteiger partial charge in [0.15, 0.2) is 0 Å². The summed E-state index contributed by atoms with van der Waals surface area (Å²) in [6, 6.07) is 1.99. The summed E-state index contributed by atoms with van der Waals surface area (Å²) < 4.78 is 0. The van der Waals surface area contributed by atoms with E-state index in [1.807, 2.05) is 23.8 Å². The second-order valence-corrected chi connectivity index (χ2v) is 4.37. The maximum atomic E-state index is 10.8. The molecule has 0 aliphatic rings. The molecule has 2 aromatic rings. The SMILES string of the molecule is CC(=O)CCc1nc(-c2cc[nH]c2)cs1. The standard InChI is InChI=1S/C11H12N2OS/c1-8(14)2-3-11-13-10(7-15-11)9-4-5-12-6-9/h4-7,12H,2-3H2,1H3. The van der Waals surface area contributed by atoms with Gasteiger partial charge in [0.05, 0.1) is 10.7 Å². The molecule has 0 bridgehead atoms. The van der Waals surface area contributed by atoms with Crippen molar-refractivity contribution >= 4 is 17.1 Å². The Balaban J connectivity index is 2.08. The quantitative estimate of drug-likeness (QED) is 0.861. The predicted molar refractivity (Wildman–Crippen MR) is 60.9 cm³/mol. The Morgan fingerprint density at radius 1 is 1.60 bits per heavy atom. The molecule has 4 heteroatoms. The van der Waals surface area contributed by atoms with E-state index in [1.165, 1.54) is 0 Å². The van der Waals surface area contributed by atoms with Crippen LogP contribution in [0.3, 0.4) is 0 Å². The lowest BCUT2D eigenvalue weighted by atomic mass is 10.2. The normalized spacial score (nSPS) is 10.5. The van der Waals surface area contributed by atoms with E-state index in [-0.39, 0.29) is 5.78 Å². The molecule has 2 heterocycles. The fourth-order valence-corrected chi connectivity index (χ4v) is 2.13. The van der Waals surface area contributed by atoms with Crippen LogP contribution in [0.25, 0.3) is 11.3 Å². The highest BCUT2D eigenvalue weighted by atomic mass is 32.1. The summed E-state index contributed by atoms with van der Waals surface area (Å²) in [6.07, 6.45) is 5.14. The molecule has 3 nitrogen and oxygen atoms in total. The van der Waals surface area contributed by atoms with E-state index in [9.17, 15) is 4.79 Å².